The lowest BCUT2D eigenvalue weighted by Crippen LogP contribution is -2.43. The zero-order valence-electron chi connectivity index (χ0n) is 14.7. The summed E-state index contributed by atoms with van der Waals surface area (Å²) < 4.78 is 24.9. The van der Waals surface area contributed by atoms with Gasteiger partial charge in [0.05, 0.1) is 12.2 Å². The standard InChI is InChI=1S/C18H27FN2O3/c1-4-21(12-15-6-5-9-23-15)18(22)20-11-14-7-8-17(16(19)10-14)24-13(2)3/h7-8,10,13,15H,4-6,9,11-12H2,1-3H3,(H,20,22)/t15-/m0/s1. The third-order valence-corrected chi connectivity index (χ3v) is 3.92. The van der Waals surface area contributed by atoms with Crippen LogP contribution in [0.2, 0.25) is 0 Å². The lowest BCUT2D eigenvalue weighted by molar-refractivity contribution is 0.0826. The zero-order valence-corrected chi connectivity index (χ0v) is 14.7. The smallest absolute Gasteiger partial charge is 0.317 e. The quantitative estimate of drug-likeness (QED) is 0.830. The highest BCUT2D eigenvalue weighted by molar-refractivity contribution is 5.74. The maximum absolute atomic E-state index is 14.0. The molecule has 0 bridgehead atoms. The molecule has 1 aromatic carbocycles. The molecule has 1 aliphatic heterocycles. The molecule has 0 spiro atoms. The number of likely N-dealkylation sites (N-methyl/N-ethyl adjacent to an activating group) is 1. The van der Waals surface area contributed by atoms with E-state index in [0.29, 0.717) is 18.7 Å². The highest BCUT2D eigenvalue weighted by Gasteiger charge is 2.21. The zero-order chi connectivity index (χ0) is 17.5. The minimum atomic E-state index is -0.415. The highest BCUT2D eigenvalue weighted by Crippen LogP contribution is 2.19. The van der Waals surface area contributed by atoms with Crippen molar-refractivity contribution in [2.45, 2.75) is 52.4 Å². The van der Waals surface area contributed by atoms with Crippen LogP contribution in [0.1, 0.15) is 39.2 Å². The van der Waals surface area contributed by atoms with Crippen LogP contribution in [0.4, 0.5) is 9.18 Å². The SMILES string of the molecule is CCN(C[C@@H]1CCCO1)C(=O)NCc1ccc(OC(C)C)c(F)c1. The molecule has 1 aromatic rings. The summed E-state index contributed by atoms with van der Waals surface area (Å²) in [5, 5.41) is 2.84. The Bertz CT molecular complexity index is 545. The molecule has 6 heteroatoms. The number of hydrogen-bond acceptors (Lipinski definition) is 3. The van der Waals surface area contributed by atoms with Crippen molar-refractivity contribution >= 4 is 6.03 Å². The summed E-state index contributed by atoms with van der Waals surface area (Å²) in [5.74, 6) is -0.184. The van der Waals surface area contributed by atoms with Gasteiger partial charge in [-0.05, 0) is 51.3 Å². The van der Waals surface area contributed by atoms with E-state index in [-0.39, 0.29) is 30.5 Å². The fraction of sp³-hybridized carbons (Fsp3) is 0.611. The number of nitrogens with zero attached hydrogens (tertiary/aromatic N) is 1. The monoisotopic (exact) mass is 338 g/mol. The van der Waals surface area contributed by atoms with E-state index in [1.165, 1.54) is 6.07 Å². The van der Waals surface area contributed by atoms with E-state index >= 15 is 0 Å². The largest absolute Gasteiger partial charge is 0.488 e. The van der Waals surface area contributed by atoms with Crippen LogP contribution in [0.25, 0.3) is 0 Å². The third-order valence-electron chi connectivity index (χ3n) is 3.92. The van der Waals surface area contributed by atoms with Crippen molar-refractivity contribution in [2.24, 2.45) is 0 Å². The predicted molar refractivity (Wildman–Crippen MR) is 90.6 cm³/mol. The lowest BCUT2D eigenvalue weighted by Gasteiger charge is -2.24. The van der Waals surface area contributed by atoms with Crippen LogP contribution in [-0.4, -0.2) is 42.8 Å². The van der Waals surface area contributed by atoms with Gasteiger partial charge in [-0.3, -0.25) is 0 Å². The maximum atomic E-state index is 14.0. The minimum Gasteiger partial charge on any atom is -0.488 e. The molecule has 134 valence electrons. The summed E-state index contributed by atoms with van der Waals surface area (Å²) in [6.45, 7) is 7.89. The molecule has 1 atom stereocenters. The summed E-state index contributed by atoms with van der Waals surface area (Å²) in [7, 11) is 0. The van der Waals surface area contributed by atoms with Gasteiger partial charge in [-0.2, -0.15) is 0 Å². The van der Waals surface area contributed by atoms with E-state index in [1.807, 2.05) is 20.8 Å². The fourth-order valence-electron chi connectivity index (χ4n) is 2.68. The number of carbonyl (C=O) groups is 1. The van der Waals surface area contributed by atoms with E-state index in [9.17, 15) is 9.18 Å². The topological polar surface area (TPSA) is 50.8 Å². The van der Waals surface area contributed by atoms with Gasteiger partial charge in [0.25, 0.3) is 0 Å². The van der Waals surface area contributed by atoms with Crippen LogP contribution in [-0.2, 0) is 11.3 Å². The number of urea groups is 1. The van der Waals surface area contributed by atoms with Crippen molar-refractivity contribution in [3.8, 4) is 5.75 Å². The number of amides is 2. The average molecular weight is 338 g/mol. The van der Waals surface area contributed by atoms with Crippen LogP contribution in [0.3, 0.4) is 0 Å². The summed E-state index contributed by atoms with van der Waals surface area (Å²) in [5.41, 5.74) is 0.699. The Hall–Kier alpha value is -1.82. The molecule has 0 unspecified atom stereocenters. The van der Waals surface area contributed by atoms with Crippen molar-refractivity contribution in [2.75, 3.05) is 19.7 Å². The van der Waals surface area contributed by atoms with Crippen molar-refractivity contribution in [3.05, 3.63) is 29.6 Å². The van der Waals surface area contributed by atoms with Gasteiger partial charge in [-0.1, -0.05) is 6.07 Å². The molecule has 5 nitrogen and oxygen atoms in total. The maximum Gasteiger partial charge on any atom is 0.317 e. The molecule has 1 aliphatic rings. The van der Waals surface area contributed by atoms with Crippen LogP contribution in [0.5, 0.6) is 5.75 Å². The lowest BCUT2D eigenvalue weighted by atomic mass is 10.2. The first-order valence-corrected chi connectivity index (χ1v) is 8.59. The van der Waals surface area contributed by atoms with Crippen LogP contribution < -0.4 is 10.1 Å². The highest BCUT2D eigenvalue weighted by atomic mass is 19.1. The van der Waals surface area contributed by atoms with E-state index in [0.717, 1.165) is 19.4 Å². The number of hydrogen-bond donors (Lipinski definition) is 1. The molecule has 24 heavy (non-hydrogen) atoms. The first-order chi connectivity index (χ1) is 11.5. The minimum absolute atomic E-state index is 0.0824. The predicted octanol–water partition coefficient (Wildman–Crippen LogP) is 3.32. The van der Waals surface area contributed by atoms with Gasteiger partial charge in [0.1, 0.15) is 0 Å². The van der Waals surface area contributed by atoms with Crippen LogP contribution in [0.15, 0.2) is 18.2 Å². The Morgan fingerprint density at radius 1 is 1.50 bits per heavy atom. The molecule has 1 N–H and O–H groups in total. The van der Waals surface area contributed by atoms with Crippen molar-refractivity contribution in [1.82, 2.24) is 10.2 Å². The molecule has 0 saturated carbocycles. The second-order valence-corrected chi connectivity index (χ2v) is 6.26. The van der Waals surface area contributed by atoms with Crippen LogP contribution in [0, 0.1) is 5.82 Å². The van der Waals surface area contributed by atoms with Gasteiger partial charge in [0.15, 0.2) is 11.6 Å². The molecule has 0 aromatic heterocycles. The Morgan fingerprint density at radius 3 is 2.88 bits per heavy atom. The van der Waals surface area contributed by atoms with E-state index in [1.54, 1.807) is 17.0 Å². The molecule has 0 radical (unpaired) electrons. The van der Waals surface area contributed by atoms with Crippen LogP contribution >= 0.6 is 0 Å². The molecular weight excluding hydrogens is 311 g/mol. The third kappa shape index (κ3) is 5.37. The molecule has 2 rings (SSSR count). The molecular formula is C18H27FN2O3. The molecule has 2 amide bonds. The summed E-state index contributed by atoms with van der Waals surface area (Å²) in [6, 6.07) is 4.60. The van der Waals surface area contributed by atoms with Gasteiger partial charge in [0, 0.05) is 26.2 Å². The Balaban J connectivity index is 1.86. The summed E-state index contributed by atoms with van der Waals surface area (Å²) >= 11 is 0. The second kappa shape index (κ2) is 8.87. The average Bonchev–Trinajstić information content (AvgIpc) is 3.05. The van der Waals surface area contributed by atoms with Crippen molar-refractivity contribution in [1.29, 1.82) is 0 Å². The number of nitrogens with one attached hydrogen (secondary N) is 1. The summed E-state index contributed by atoms with van der Waals surface area (Å²) in [6.07, 6.45) is 2.09. The van der Waals surface area contributed by atoms with Gasteiger partial charge < -0.3 is 19.7 Å². The molecule has 1 saturated heterocycles. The first-order valence-electron chi connectivity index (χ1n) is 8.59. The number of benzene rings is 1. The van der Waals surface area contributed by atoms with E-state index in [2.05, 4.69) is 5.32 Å². The van der Waals surface area contributed by atoms with Gasteiger partial charge in [0.2, 0.25) is 0 Å². The van der Waals surface area contributed by atoms with Crippen molar-refractivity contribution in [3.63, 3.8) is 0 Å². The Kier molecular flexibility index (Phi) is 6.85. The Labute approximate surface area is 143 Å². The number of carbonyl (C=O) groups excluding carboxylic acids is 1. The van der Waals surface area contributed by atoms with Gasteiger partial charge in [-0.25, -0.2) is 9.18 Å². The summed E-state index contributed by atoms with van der Waals surface area (Å²) in [4.78, 5) is 14.0. The molecule has 1 heterocycles. The fourth-order valence-corrected chi connectivity index (χ4v) is 2.68. The van der Waals surface area contributed by atoms with Gasteiger partial charge in [-0.15, -0.1) is 0 Å². The normalized spacial score (nSPS) is 17.1. The van der Waals surface area contributed by atoms with E-state index < -0.39 is 5.82 Å². The molecule has 1 fully saturated rings. The number of halogens is 1. The van der Waals surface area contributed by atoms with Gasteiger partial charge >= 0.3 is 6.03 Å². The number of ether oxygens (including phenoxy) is 2. The van der Waals surface area contributed by atoms with E-state index in [4.69, 9.17) is 9.47 Å². The Morgan fingerprint density at radius 2 is 2.29 bits per heavy atom. The molecule has 0 aliphatic carbocycles. The second-order valence-electron chi connectivity index (χ2n) is 6.26. The van der Waals surface area contributed by atoms with Crippen molar-refractivity contribution < 1.29 is 18.7 Å². The number of rotatable bonds is 7. The first kappa shape index (κ1) is 18.5.